The van der Waals surface area contributed by atoms with Crippen LogP contribution in [0.1, 0.15) is 5.56 Å². The molecule has 0 bridgehead atoms. The Morgan fingerprint density at radius 2 is 1.97 bits per heavy atom. The van der Waals surface area contributed by atoms with E-state index in [1.165, 1.54) is 23.5 Å². The molecule has 0 aliphatic carbocycles. The first kappa shape index (κ1) is 20.5. The number of anilines is 1. The number of thiazole rings is 1. The molecule has 4 aromatic rings. The number of benzene rings is 3. The van der Waals surface area contributed by atoms with Gasteiger partial charge in [0.25, 0.3) is 5.91 Å². The van der Waals surface area contributed by atoms with Gasteiger partial charge in [-0.2, -0.15) is 0 Å². The van der Waals surface area contributed by atoms with Gasteiger partial charge in [0.15, 0.2) is 11.4 Å². The first-order valence-corrected chi connectivity index (χ1v) is 11.1. The van der Waals surface area contributed by atoms with E-state index in [2.05, 4.69) is 14.9 Å². The van der Waals surface area contributed by atoms with Crippen LogP contribution in [-0.2, 0) is 11.3 Å². The van der Waals surface area contributed by atoms with E-state index in [1.807, 2.05) is 53.9 Å². The molecule has 0 saturated carbocycles. The summed E-state index contributed by atoms with van der Waals surface area (Å²) < 4.78 is 21.5. The minimum atomic E-state index is -0.510. The van der Waals surface area contributed by atoms with Gasteiger partial charge in [0.1, 0.15) is 11.6 Å². The largest absolute Gasteiger partial charge is 0.482 e. The Labute approximate surface area is 192 Å². The van der Waals surface area contributed by atoms with E-state index in [0.717, 1.165) is 16.8 Å². The quantitative estimate of drug-likeness (QED) is 0.425. The lowest BCUT2D eigenvalue weighted by molar-refractivity contribution is -0.118. The summed E-state index contributed by atoms with van der Waals surface area (Å²) in [5.41, 5.74) is 4.05. The van der Waals surface area contributed by atoms with Crippen molar-refractivity contribution in [3.63, 3.8) is 0 Å². The predicted octanol–water partition coefficient (Wildman–Crippen LogP) is 5.62. The summed E-state index contributed by atoms with van der Waals surface area (Å²) in [5, 5.41) is 4.91. The first-order valence-electron chi connectivity index (χ1n) is 9.86. The smallest absolute Gasteiger partial charge is 0.262 e. The second-order valence-corrected chi connectivity index (χ2v) is 8.48. The Hall–Kier alpha value is -3.42. The summed E-state index contributed by atoms with van der Waals surface area (Å²) in [6.07, 6.45) is 0. The Kier molecular flexibility index (Phi) is 5.51. The van der Waals surface area contributed by atoms with Crippen LogP contribution in [0.5, 0.6) is 5.75 Å². The highest BCUT2D eigenvalue weighted by Gasteiger charge is 2.18. The van der Waals surface area contributed by atoms with Crippen LogP contribution >= 0.6 is 22.9 Å². The number of carbonyl (C=O) groups excluding carboxylic acids is 1. The van der Waals surface area contributed by atoms with Gasteiger partial charge < -0.3 is 14.6 Å². The Morgan fingerprint density at radius 3 is 2.78 bits per heavy atom. The van der Waals surface area contributed by atoms with Crippen LogP contribution in [0, 0.1) is 5.82 Å². The lowest BCUT2D eigenvalue weighted by Crippen LogP contribution is -2.25. The second kappa shape index (κ2) is 8.61. The molecule has 3 aromatic carbocycles. The van der Waals surface area contributed by atoms with Gasteiger partial charge in [-0.25, -0.2) is 9.38 Å². The summed E-state index contributed by atoms with van der Waals surface area (Å²) >= 11 is 7.27. The average molecular weight is 466 g/mol. The maximum Gasteiger partial charge on any atom is 0.262 e. The molecule has 1 aliphatic rings. The third-order valence-corrected chi connectivity index (χ3v) is 6.19. The van der Waals surface area contributed by atoms with Crippen LogP contribution in [0.25, 0.3) is 11.3 Å². The summed E-state index contributed by atoms with van der Waals surface area (Å²) in [7, 11) is 0. The molecule has 5 nitrogen and oxygen atoms in total. The fourth-order valence-electron chi connectivity index (χ4n) is 3.48. The number of halogens is 2. The highest BCUT2D eigenvalue weighted by molar-refractivity contribution is 7.07. The Bertz CT molecular complexity index is 1380. The standard InChI is InChI=1S/C24H17ClFN3O2S/c25-18-8-7-17(11-19(18)26)27-24-29(12-15-4-2-1-3-5-15)21(14-32-24)16-6-9-22-20(10-16)28-23(30)13-31-22/h1-11,14H,12-13H2,(H,28,30). The fourth-order valence-corrected chi connectivity index (χ4v) is 4.52. The predicted molar refractivity (Wildman–Crippen MR) is 124 cm³/mol. The number of ether oxygens (including phenoxy) is 1. The van der Waals surface area contributed by atoms with E-state index in [4.69, 9.17) is 16.3 Å². The monoisotopic (exact) mass is 465 g/mol. The minimum absolute atomic E-state index is 0.0134. The summed E-state index contributed by atoms with van der Waals surface area (Å²) in [5.74, 6) is -0.0536. The molecule has 0 spiro atoms. The Balaban J connectivity index is 1.63. The highest BCUT2D eigenvalue weighted by atomic mass is 35.5. The number of nitrogens with one attached hydrogen (secondary N) is 1. The normalized spacial score (nSPS) is 13.4. The molecule has 1 aliphatic heterocycles. The number of amides is 1. The molecule has 0 atom stereocenters. The van der Waals surface area contributed by atoms with Crippen molar-refractivity contribution in [2.45, 2.75) is 6.54 Å². The molecule has 1 amide bonds. The van der Waals surface area contributed by atoms with Crippen LogP contribution in [0.4, 0.5) is 15.8 Å². The lowest BCUT2D eigenvalue weighted by Gasteiger charge is -2.19. The maximum absolute atomic E-state index is 13.9. The molecule has 160 valence electrons. The summed E-state index contributed by atoms with van der Waals surface area (Å²) in [6, 6.07) is 20.2. The van der Waals surface area contributed by atoms with Crippen LogP contribution in [0.15, 0.2) is 77.1 Å². The number of aromatic nitrogens is 1. The van der Waals surface area contributed by atoms with Crippen molar-refractivity contribution >= 4 is 40.2 Å². The number of carbonyl (C=O) groups is 1. The van der Waals surface area contributed by atoms with Crippen molar-refractivity contribution < 1.29 is 13.9 Å². The van der Waals surface area contributed by atoms with Crippen molar-refractivity contribution in [2.75, 3.05) is 11.9 Å². The summed E-state index contributed by atoms with van der Waals surface area (Å²) in [6.45, 7) is 0.591. The number of hydrogen-bond acceptors (Lipinski definition) is 4. The third-order valence-electron chi connectivity index (χ3n) is 5.02. The minimum Gasteiger partial charge on any atom is -0.482 e. The molecule has 8 heteroatoms. The van der Waals surface area contributed by atoms with Gasteiger partial charge >= 0.3 is 0 Å². The topological polar surface area (TPSA) is 55.6 Å². The van der Waals surface area contributed by atoms with Gasteiger partial charge in [-0.3, -0.25) is 4.79 Å². The molecular weight excluding hydrogens is 449 g/mol. The zero-order valence-corrected chi connectivity index (χ0v) is 18.3. The third kappa shape index (κ3) is 4.17. The van der Waals surface area contributed by atoms with Gasteiger partial charge in [-0.05, 0) is 35.9 Å². The highest BCUT2D eigenvalue weighted by Crippen LogP contribution is 2.33. The van der Waals surface area contributed by atoms with Crippen LogP contribution in [0.3, 0.4) is 0 Å². The number of fused-ring (bicyclic) bond motifs is 1. The zero-order valence-electron chi connectivity index (χ0n) is 16.7. The van der Waals surface area contributed by atoms with Crippen molar-refractivity contribution in [2.24, 2.45) is 4.99 Å². The number of nitrogens with zero attached hydrogens (tertiary/aromatic N) is 2. The molecular formula is C24H17ClFN3O2S. The van der Waals surface area contributed by atoms with E-state index in [1.54, 1.807) is 6.07 Å². The number of hydrogen-bond donors (Lipinski definition) is 1. The molecule has 2 heterocycles. The SMILES string of the molecule is O=C1COc2ccc(-c3csc(=Nc4ccc(Cl)c(F)c4)n3Cc3ccccc3)cc2N1. The van der Waals surface area contributed by atoms with Gasteiger partial charge in [0.2, 0.25) is 0 Å². The van der Waals surface area contributed by atoms with Crippen LogP contribution in [-0.4, -0.2) is 17.1 Å². The van der Waals surface area contributed by atoms with Crippen molar-refractivity contribution in [3.05, 3.63) is 93.3 Å². The molecule has 32 heavy (non-hydrogen) atoms. The van der Waals surface area contributed by atoms with E-state index in [9.17, 15) is 9.18 Å². The second-order valence-electron chi connectivity index (χ2n) is 7.23. The van der Waals surface area contributed by atoms with E-state index < -0.39 is 5.82 Å². The maximum atomic E-state index is 13.9. The summed E-state index contributed by atoms with van der Waals surface area (Å²) in [4.78, 5) is 17.1. The van der Waals surface area contributed by atoms with E-state index >= 15 is 0 Å². The average Bonchev–Trinajstić information content (AvgIpc) is 3.18. The van der Waals surface area contributed by atoms with Crippen LogP contribution in [0.2, 0.25) is 5.02 Å². The molecule has 0 radical (unpaired) electrons. The van der Waals surface area contributed by atoms with Gasteiger partial charge in [0.05, 0.1) is 28.6 Å². The molecule has 0 saturated heterocycles. The first-order chi connectivity index (χ1) is 15.6. The van der Waals surface area contributed by atoms with Crippen LogP contribution < -0.4 is 14.9 Å². The molecule has 0 unspecified atom stereocenters. The fraction of sp³-hybridized carbons (Fsp3) is 0.0833. The molecule has 1 aromatic heterocycles. The van der Waals surface area contributed by atoms with E-state index in [-0.39, 0.29) is 17.5 Å². The molecule has 0 fully saturated rings. The van der Waals surface area contributed by atoms with Gasteiger partial charge in [-0.15, -0.1) is 11.3 Å². The number of rotatable bonds is 4. The Morgan fingerprint density at radius 1 is 1.12 bits per heavy atom. The zero-order chi connectivity index (χ0) is 22.1. The van der Waals surface area contributed by atoms with Crippen molar-refractivity contribution in [1.82, 2.24) is 4.57 Å². The van der Waals surface area contributed by atoms with Crippen molar-refractivity contribution in [3.8, 4) is 17.0 Å². The van der Waals surface area contributed by atoms with Gasteiger partial charge in [-0.1, -0.05) is 41.9 Å². The molecule has 1 N–H and O–H groups in total. The van der Waals surface area contributed by atoms with Gasteiger partial charge in [0, 0.05) is 17.0 Å². The van der Waals surface area contributed by atoms with E-state index in [0.29, 0.717) is 28.5 Å². The lowest BCUT2D eigenvalue weighted by atomic mass is 10.1. The molecule has 5 rings (SSSR count). The van der Waals surface area contributed by atoms with Crippen molar-refractivity contribution in [1.29, 1.82) is 0 Å².